The van der Waals surface area contributed by atoms with Crippen molar-refractivity contribution in [2.24, 2.45) is 11.8 Å². The molecular formula is C17H23NO3S. The Bertz CT molecular complexity index is 549. The lowest BCUT2D eigenvalue weighted by Crippen LogP contribution is -2.39. The van der Waals surface area contributed by atoms with Crippen molar-refractivity contribution in [1.29, 1.82) is 0 Å². The molecular weight excluding hydrogens is 298 g/mol. The first-order valence-electron chi connectivity index (χ1n) is 7.83. The fourth-order valence-electron chi connectivity index (χ4n) is 3.73. The molecule has 0 radical (unpaired) electrons. The topological polar surface area (TPSA) is 47.6 Å². The summed E-state index contributed by atoms with van der Waals surface area (Å²) in [5.74, 6) is 3.56. The van der Waals surface area contributed by atoms with Crippen LogP contribution in [0.1, 0.15) is 25.7 Å². The average Bonchev–Trinajstić information content (AvgIpc) is 3.15. The first kappa shape index (κ1) is 15.5. The number of carbonyl (C=O) groups excluding carboxylic acids is 1. The molecule has 120 valence electrons. The number of ether oxygens (including phenoxy) is 2. The zero-order valence-corrected chi connectivity index (χ0v) is 13.9. The number of hydrogen-bond donors (Lipinski definition) is 1. The van der Waals surface area contributed by atoms with E-state index in [-0.39, 0.29) is 5.91 Å². The lowest BCUT2D eigenvalue weighted by Gasteiger charge is -2.22. The highest BCUT2D eigenvalue weighted by Crippen LogP contribution is 2.44. The van der Waals surface area contributed by atoms with Crippen molar-refractivity contribution < 1.29 is 14.3 Å². The van der Waals surface area contributed by atoms with Crippen LogP contribution in [0.2, 0.25) is 0 Å². The SMILES string of the molecule is COc1ccc(SCC(=O)NC2CC3CCC2C3)cc1OC. The number of rotatable bonds is 6. The molecule has 3 unspecified atom stereocenters. The molecule has 5 heteroatoms. The summed E-state index contributed by atoms with van der Waals surface area (Å²) in [6.45, 7) is 0. The Morgan fingerprint density at radius 3 is 2.68 bits per heavy atom. The van der Waals surface area contributed by atoms with Crippen LogP contribution >= 0.6 is 11.8 Å². The predicted octanol–water partition coefficient (Wildman–Crippen LogP) is 3.10. The summed E-state index contributed by atoms with van der Waals surface area (Å²) in [6, 6.07) is 6.15. The zero-order chi connectivity index (χ0) is 15.5. The van der Waals surface area contributed by atoms with E-state index in [2.05, 4.69) is 5.32 Å². The maximum absolute atomic E-state index is 12.1. The van der Waals surface area contributed by atoms with Gasteiger partial charge in [0.05, 0.1) is 20.0 Å². The molecule has 0 aromatic heterocycles. The summed E-state index contributed by atoms with van der Waals surface area (Å²) < 4.78 is 10.5. The molecule has 1 aromatic carbocycles. The first-order chi connectivity index (χ1) is 10.7. The average molecular weight is 321 g/mol. The van der Waals surface area contributed by atoms with Crippen molar-refractivity contribution in [2.45, 2.75) is 36.6 Å². The van der Waals surface area contributed by atoms with E-state index in [4.69, 9.17) is 9.47 Å². The minimum atomic E-state index is 0.136. The Labute approximate surface area is 135 Å². The van der Waals surface area contributed by atoms with Crippen LogP contribution in [0.25, 0.3) is 0 Å². The molecule has 2 fully saturated rings. The summed E-state index contributed by atoms with van der Waals surface area (Å²) in [6.07, 6.45) is 5.14. The molecule has 2 saturated carbocycles. The van der Waals surface area contributed by atoms with Gasteiger partial charge in [-0.15, -0.1) is 11.8 Å². The van der Waals surface area contributed by atoms with Gasteiger partial charge in [-0.05, 0) is 49.3 Å². The maximum Gasteiger partial charge on any atom is 0.230 e. The van der Waals surface area contributed by atoms with Gasteiger partial charge in [0.1, 0.15) is 0 Å². The second-order valence-corrected chi connectivity index (χ2v) is 7.20. The highest BCUT2D eigenvalue weighted by Gasteiger charge is 2.39. The molecule has 1 aromatic rings. The summed E-state index contributed by atoms with van der Waals surface area (Å²) in [5.41, 5.74) is 0. The smallest absolute Gasteiger partial charge is 0.230 e. The Morgan fingerprint density at radius 2 is 2.05 bits per heavy atom. The van der Waals surface area contributed by atoms with Gasteiger partial charge in [0.15, 0.2) is 11.5 Å². The summed E-state index contributed by atoms with van der Waals surface area (Å²) in [4.78, 5) is 13.2. The molecule has 3 rings (SSSR count). The predicted molar refractivity (Wildman–Crippen MR) is 87.6 cm³/mol. The van der Waals surface area contributed by atoms with E-state index in [1.54, 1.807) is 14.2 Å². The number of nitrogens with one attached hydrogen (secondary N) is 1. The first-order valence-corrected chi connectivity index (χ1v) is 8.82. The number of methoxy groups -OCH3 is 2. The van der Waals surface area contributed by atoms with Crippen molar-refractivity contribution in [3.63, 3.8) is 0 Å². The molecule has 0 aliphatic heterocycles. The minimum absolute atomic E-state index is 0.136. The van der Waals surface area contributed by atoms with Crippen LogP contribution in [-0.2, 0) is 4.79 Å². The molecule has 2 aliphatic rings. The Hall–Kier alpha value is -1.36. The van der Waals surface area contributed by atoms with Crippen LogP contribution in [0.15, 0.2) is 23.1 Å². The van der Waals surface area contributed by atoms with Crippen molar-refractivity contribution >= 4 is 17.7 Å². The fraction of sp³-hybridized carbons (Fsp3) is 0.588. The van der Waals surface area contributed by atoms with Gasteiger partial charge in [-0.3, -0.25) is 4.79 Å². The van der Waals surface area contributed by atoms with E-state index >= 15 is 0 Å². The third-order valence-corrected chi connectivity index (χ3v) is 5.80. The summed E-state index contributed by atoms with van der Waals surface area (Å²) in [5, 5.41) is 3.22. The van der Waals surface area contributed by atoms with Gasteiger partial charge in [-0.25, -0.2) is 0 Å². The van der Waals surface area contributed by atoms with Gasteiger partial charge in [-0.2, -0.15) is 0 Å². The van der Waals surface area contributed by atoms with Gasteiger partial charge in [0, 0.05) is 10.9 Å². The summed E-state index contributed by atoms with van der Waals surface area (Å²) in [7, 11) is 3.24. The van der Waals surface area contributed by atoms with Crippen molar-refractivity contribution in [2.75, 3.05) is 20.0 Å². The number of carbonyl (C=O) groups is 1. The highest BCUT2D eigenvalue weighted by atomic mass is 32.2. The monoisotopic (exact) mass is 321 g/mol. The van der Waals surface area contributed by atoms with Crippen LogP contribution in [0.5, 0.6) is 11.5 Å². The quantitative estimate of drug-likeness (QED) is 0.818. The van der Waals surface area contributed by atoms with Crippen LogP contribution in [0.3, 0.4) is 0 Å². The molecule has 2 bridgehead atoms. The lowest BCUT2D eigenvalue weighted by atomic mass is 9.95. The second-order valence-electron chi connectivity index (χ2n) is 6.15. The largest absolute Gasteiger partial charge is 0.493 e. The van der Waals surface area contributed by atoms with Crippen molar-refractivity contribution in [3.8, 4) is 11.5 Å². The van der Waals surface area contributed by atoms with Gasteiger partial charge in [-0.1, -0.05) is 6.42 Å². The molecule has 0 spiro atoms. The Morgan fingerprint density at radius 1 is 1.23 bits per heavy atom. The standard InChI is InChI=1S/C17H23NO3S/c1-20-15-6-5-13(9-16(15)21-2)22-10-17(19)18-14-8-11-3-4-12(14)7-11/h5-6,9,11-12,14H,3-4,7-8,10H2,1-2H3,(H,18,19). The number of thioether (sulfide) groups is 1. The fourth-order valence-corrected chi connectivity index (χ4v) is 4.46. The number of hydrogen-bond acceptors (Lipinski definition) is 4. The third-order valence-electron chi connectivity index (χ3n) is 4.81. The van der Waals surface area contributed by atoms with Crippen LogP contribution in [0, 0.1) is 11.8 Å². The van der Waals surface area contributed by atoms with Crippen molar-refractivity contribution in [3.05, 3.63) is 18.2 Å². The summed E-state index contributed by atoms with van der Waals surface area (Å²) >= 11 is 1.53. The maximum atomic E-state index is 12.1. The van der Waals surface area contributed by atoms with E-state index in [0.717, 1.165) is 16.7 Å². The van der Waals surface area contributed by atoms with Crippen LogP contribution < -0.4 is 14.8 Å². The van der Waals surface area contributed by atoms with Crippen LogP contribution in [0.4, 0.5) is 0 Å². The highest BCUT2D eigenvalue weighted by molar-refractivity contribution is 8.00. The number of amides is 1. The van der Waals surface area contributed by atoms with Gasteiger partial charge in [0.25, 0.3) is 0 Å². The Kier molecular flexibility index (Phi) is 4.81. The minimum Gasteiger partial charge on any atom is -0.493 e. The molecule has 0 heterocycles. The van der Waals surface area contributed by atoms with Crippen molar-refractivity contribution in [1.82, 2.24) is 5.32 Å². The number of fused-ring (bicyclic) bond motifs is 2. The lowest BCUT2D eigenvalue weighted by molar-refractivity contribution is -0.119. The molecule has 4 nitrogen and oxygen atoms in total. The second kappa shape index (κ2) is 6.82. The molecule has 22 heavy (non-hydrogen) atoms. The van der Waals surface area contributed by atoms with Gasteiger partial charge >= 0.3 is 0 Å². The molecule has 2 aliphatic carbocycles. The molecule has 3 atom stereocenters. The molecule has 1 N–H and O–H groups in total. The van der Waals surface area contributed by atoms with E-state index < -0.39 is 0 Å². The Balaban J connectivity index is 1.50. The van der Waals surface area contributed by atoms with E-state index in [1.165, 1.54) is 37.4 Å². The van der Waals surface area contributed by atoms with E-state index in [9.17, 15) is 4.79 Å². The normalized spacial score (nSPS) is 26.0. The van der Waals surface area contributed by atoms with Crippen LogP contribution in [-0.4, -0.2) is 31.9 Å². The van der Waals surface area contributed by atoms with Gasteiger partial charge in [0.2, 0.25) is 5.91 Å². The molecule has 0 saturated heterocycles. The third kappa shape index (κ3) is 3.35. The number of benzene rings is 1. The van der Waals surface area contributed by atoms with E-state index in [1.807, 2.05) is 18.2 Å². The molecule has 1 amide bonds. The van der Waals surface area contributed by atoms with E-state index in [0.29, 0.717) is 23.3 Å². The van der Waals surface area contributed by atoms with Gasteiger partial charge < -0.3 is 14.8 Å². The zero-order valence-electron chi connectivity index (χ0n) is 13.1.